The molecule has 0 amide bonds. The molecule has 0 unspecified atom stereocenters. The summed E-state index contributed by atoms with van der Waals surface area (Å²) in [5.74, 6) is 0.440. The Morgan fingerprint density at radius 1 is 1.03 bits per heavy atom. The van der Waals surface area contributed by atoms with Gasteiger partial charge in [-0.2, -0.15) is 0 Å². The van der Waals surface area contributed by atoms with E-state index in [2.05, 4.69) is 30.1 Å². The number of hydrogen-bond donors (Lipinski definition) is 1. The van der Waals surface area contributed by atoms with Crippen molar-refractivity contribution >= 4 is 22.5 Å². The summed E-state index contributed by atoms with van der Waals surface area (Å²) in [4.78, 5) is 13.1. The number of anilines is 1. The van der Waals surface area contributed by atoms with Gasteiger partial charge < -0.3 is 5.32 Å². The predicted molar refractivity (Wildman–Crippen MR) is 108 cm³/mol. The number of pyridine rings is 2. The molecule has 10 heteroatoms. The SMILES string of the molecule is FC(F)(F)O[C@H]1CC[C@@H](Nc2ncc3c(-c4cnc5ncccc5c4)ccn3n2)CC1. The van der Waals surface area contributed by atoms with Crippen LogP contribution in [-0.4, -0.2) is 43.1 Å². The van der Waals surface area contributed by atoms with Crippen molar-refractivity contribution in [1.82, 2.24) is 24.6 Å². The summed E-state index contributed by atoms with van der Waals surface area (Å²) in [6.45, 7) is 0. The number of fused-ring (bicyclic) bond motifs is 2. The summed E-state index contributed by atoms with van der Waals surface area (Å²) in [6.07, 6.45) is 3.52. The van der Waals surface area contributed by atoms with Gasteiger partial charge in [-0.15, -0.1) is 18.3 Å². The zero-order valence-corrected chi connectivity index (χ0v) is 16.4. The Morgan fingerprint density at radius 3 is 2.68 bits per heavy atom. The van der Waals surface area contributed by atoms with Crippen molar-refractivity contribution < 1.29 is 17.9 Å². The molecule has 1 aliphatic carbocycles. The minimum atomic E-state index is -4.58. The van der Waals surface area contributed by atoms with Gasteiger partial charge in [-0.05, 0) is 49.9 Å². The lowest BCUT2D eigenvalue weighted by molar-refractivity contribution is -0.345. The number of nitrogens with zero attached hydrogens (tertiary/aromatic N) is 5. The first-order valence-corrected chi connectivity index (χ1v) is 10.0. The Bertz CT molecular complexity index is 1220. The van der Waals surface area contributed by atoms with Crippen molar-refractivity contribution in [2.45, 2.75) is 44.2 Å². The lowest BCUT2D eigenvalue weighted by atomic mass is 9.93. The minimum absolute atomic E-state index is 0.0118. The molecule has 0 atom stereocenters. The van der Waals surface area contributed by atoms with E-state index in [9.17, 15) is 13.2 Å². The van der Waals surface area contributed by atoms with Crippen LogP contribution in [0.3, 0.4) is 0 Å². The summed E-state index contributed by atoms with van der Waals surface area (Å²) in [7, 11) is 0. The van der Waals surface area contributed by atoms with Gasteiger partial charge in [-0.25, -0.2) is 19.5 Å². The number of aromatic nitrogens is 5. The van der Waals surface area contributed by atoms with E-state index in [1.54, 1.807) is 23.1 Å². The molecule has 4 heterocycles. The lowest BCUT2D eigenvalue weighted by Crippen LogP contribution is -2.33. The second kappa shape index (κ2) is 7.77. The summed E-state index contributed by atoms with van der Waals surface area (Å²) < 4.78 is 43.0. The van der Waals surface area contributed by atoms with Crippen LogP contribution < -0.4 is 5.32 Å². The van der Waals surface area contributed by atoms with Gasteiger partial charge in [-0.3, -0.25) is 4.74 Å². The monoisotopic (exact) mass is 428 g/mol. The van der Waals surface area contributed by atoms with Gasteiger partial charge in [0.15, 0.2) is 5.65 Å². The number of halogens is 3. The third kappa shape index (κ3) is 4.29. The molecule has 160 valence electrons. The fourth-order valence-electron chi connectivity index (χ4n) is 4.02. The van der Waals surface area contributed by atoms with Crippen LogP contribution in [-0.2, 0) is 4.74 Å². The Hall–Kier alpha value is -3.27. The van der Waals surface area contributed by atoms with Crippen molar-refractivity contribution in [2.75, 3.05) is 5.32 Å². The first-order valence-electron chi connectivity index (χ1n) is 10.0. The van der Waals surface area contributed by atoms with Gasteiger partial charge in [0.05, 0.1) is 17.8 Å². The molecule has 31 heavy (non-hydrogen) atoms. The number of nitrogens with one attached hydrogen (secondary N) is 1. The summed E-state index contributed by atoms with van der Waals surface area (Å²) in [5.41, 5.74) is 3.41. The number of hydrogen-bond acceptors (Lipinski definition) is 6. The molecule has 0 radical (unpaired) electrons. The smallest absolute Gasteiger partial charge is 0.350 e. The molecule has 4 aromatic rings. The number of ether oxygens (including phenoxy) is 1. The van der Waals surface area contributed by atoms with Crippen molar-refractivity contribution in [2.24, 2.45) is 0 Å². The molecule has 0 bridgehead atoms. The van der Waals surface area contributed by atoms with Crippen LogP contribution in [0.15, 0.2) is 49.1 Å². The van der Waals surface area contributed by atoms with Gasteiger partial charge >= 0.3 is 6.36 Å². The molecule has 0 aliphatic heterocycles. The molecule has 4 aromatic heterocycles. The van der Waals surface area contributed by atoms with Gasteiger partial charge in [0.2, 0.25) is 5.95 Å². The van der Waals surface area contributed by atoms with E-state index in [4.69, 9.17) is 0 Å². The van der Waals surface area contributed by atoms with Crippen molar-refractivity contribution in [1.29, 1.82) is 0 Å². The second-order valence-corrected chi connectivity index (χ2v) is 7.60. The van der Waals surface area contributed by atoms with Crippen molar-refractivity contribution in [3.8, 4) is 11.1 Å². The molecule has 1 aliphatic rings. The molecule has 1 N–H and O–H groups in total. The molecule has 0 aromatic carbocycles. The highest BCUT2D eigenvalue weighted by molar-refractivity contribution is 5.86. The Labute approximate surface area is 175 Å². The number of rotatable bonds is 4. The molecule has 1 saturated carbocycles. The summed E-state index contributed by atoms with van der Waals surface area (Å²) >= 11 is 0. The van der Waals surface area contributed by atoms with E-state index in [-0.39, 0.29) is 6.04 Å². The van der Waals surface area contributed by atoms with Crippen LogP contribution in [0.25, 0.3) is 27.7 Å². The fraction of sp³-hybridized carbons (Fsp3) is 0.333. The maximum atomic E-state index is 12.4. The van der Waals surface area contributed by atoms with Crippen LogP contribution in [0, 0.1) is 0 Å². The van der Waals surface area contributed by atoms with Gasteiger partial charge in [0.25, 0.3) is 0 Å². The van der Waals surface area contributed by atoms with Crippen LogP contribution in [0.4, 0.5) is 19.1 Å². The molecule has 7 nitrogen and oxygen atoms in total. The molecule has 5 rings (SSSR count). The largest absolute Gasteiger partial charge is 0.522 e. The van der Waals surface area contributed by atoms with E-state index in [0.29, 0.717) is 37.3 Å². The first kappa shape index (κ1) is 19.7. The fourth-order valence-corrected chi connectivity index (χ4v) is 4.02. The minimum Gasteiger partial charge on any atom is -0.350 e. The van der Waals surface area contributed by atoms with E-state index >= 15 is 0 Å². The standard InChI is InChI=1S/C21H19F3N6O/c22-21(23,24)31-16-5-3-15(4-6-16)28-20-27-12-18-17(7-9-30(18)29-20)14-10-13-2-1-8-25-19(13)26-11-14/h1-2,7-12,15-16H,3-6H2,(H,28,29)/t15-,16+. The van der Waals surface area contributed by atoms with E-state index in [1.807, 2.05) is 30.5 Å². The highest BCUT2D eigenvalue weighted by atomic mass is 19.4. The zero-order chi connectivity index (χ0) is 21.4. The highest BCUT2D eigenvalue weighted by Crippen LogP contribution is 2.30. The van der Waals surface area contributed by atoms with Crippen LogP contribution >= 0.6 is 0 Å². The van der Waals surface area contributed by atoms with Crippen molar-refractivity contribution in [3.63, 3.8) is 0 Å². The van der Waals surface area contributed by atoms with E-state index < -0.39 is 12.5 Å². The summed E-state index contributed by atoms with van der Waals surface area (Å²) in [5, 5.41) is 8.68. The van der Waals surface area contributed by atoms with Gasteiger partial charge in [0.1, 0.15) is 0 Å². The van der Waals surface area contributed by atoms with Gasteiger partial charge in [-0.1, -0.05) is 0 Å². The highest BCUT2D eigenvalue weighted by Gasteiger charge is 2.35. The third-order valence-electron chi connectivity index (χ3n) is 5.49. The Kier molecular flexibility index (Phi) is 4.93. The van der Waals surface area contributed by atoms with Crippen molar-refractivity contribution in [3.05, 3.63) is 49.1 Å². The second-order valence-electron chi connectivity index (χ2n) is 7.60. The average molecular weight is 428 g/mol. The van der Waals surface area contributed by atoms with E-state index in [0.717, 1.165) is 22.0 Å². The molecular weight excluding hydrogens is 409 g/mol. The quantitative estimate of drug-likeness (QED) is 0.512. The van der Waals surface area contributed by atoms with Crippen LogP contribution in [0.1, 0.15) is 25.7 Å². The summed E-state index contributed by atoms with van der Waals surface area (Å²) in [6, 6.07) is 7.82. The predicted octanol–water partition coefficient (Wildman–Crippen LogP) is 4.60. The molecular formula is C21H19F3N6O. The zero-order valence-electron chi connectivity index (χ0n) is 16.4. The molecule has 0 spiro atoms. The van der Waals surface area contributed by atoms with Gasteiger partial charge in [0, 0.05) is 41.1 Å². The van der Waals surface area contributed by atoms with Crippen LogP contribution in [0.2, 0.25) is 0 Å². The Morgan fingerprint density at radius 2 is 1.87 bits per heavy atom. The molecule has 1 fully saturated rings. The van der Waals surface area contributed by atoms with Crippen LogP contribution in [0.5, 0.6) is 0 Å². The number of alkyl halides is 3. The topological polar surface area (TPSA) is 77.2 Å². The maximum absolute atomic E-state index is 12.4. The lowest BCUT2D eigenvalue weighted by Gasteiger charge is -2.29. The van der Waals surface area contributed by atoms with E-state index in [1.165, 1.54) is 0 Å². The average Bonchev–Trinajstić information content (AvgIpc) is 3.17. The molecule has 0 saturated heterocycles. The third-order valence-corrected chi connectivity index (χ3v) is 5.49. The first-order chi connectivity index (χ1) is 14.9. The maximum Gasteiger partial charge on any atom is 0.522 e. The Balaban J connectivity index is 1.30. The normalized spacial score (nSPS) is 19.7.